The molecule has 1 atom stereocenters. The van der Waals surface area contributed by atoms with Crippen molar-refractivity contribution in [3.05, 3.63) is 23.7 Å². The highest BCUT2D eigenvalue weighted by Gasteiger charge is 2.16. The van der Waals surface area contributed by atoms with Gasteiger partial charge in [0.1, 0.15) is 5.76 Å². The topological polar surface area (TPSA) is 39.2 Å². The quantitative estimate of drug-likeness (QED) is 0.821. The molecule has 0 aromatic carbocycles. The molecule has 0 amide bonds. The van der Waals surface area contributed by atoms with Gasteiger partial charge in [0.25, 0.3) is 0 Å². The van der Waals surface area contributed by atoms with Crippen molar-refractivity contribution >= 4 is 0 Å². The molecule has 1 unspecified atom stereocenters. The van der Waals surface area contributed by atoms with Crippen LogP contribution in [0.4, 0.5) is 0 Å². The molecule has 2 nitrogen and oxygen atoms in total. The molecule has 86 valence electrons. The molecule has 2 heteroatoms. The third kappa shape index (κ3) is 3.71. The molecule has 1 aromatic heterocycles. The second-order valence-corrected chi connectivity index (χ2v) is 5.36. The van der Waals surface area contributed by atoms with Crippen molar-refractivity contribution in [3.8, 4) is 0 Å². The molecule has 0 bridgehead atoms. The van der Waals surface area contributed by atoms with Crippen LogP contribution in [0.3, 0.4) is 0 Å². The van der Waals surface area contributed by atoms with Gasteiger partial charge in [-0.3, -0.25) is 0 Å². The standard InChI is InChI=1S/C13H23NO/c1-5-12-10(7-9-15-12)11(14)6-8-13(2,3)4/h7,9,11H,5-6,8,14H2,1-4H3. The fourth-order valence-corrected chi connectivity index (χ4v) is 1.71. The van der Waals surface area contributed by atoms with Gasteiger partial charge in [0, 0.05) is 18.0 Å². The summed E-state index contributed by atoms with van der Waals surface area (Å²) in [5.41, 5.74) is 7.70. The van der Waals surface area contributed by atoms with Gasteiger partial charge in [-0.05, 0) is 24.3 Å². The molecule has 0 fully saturated rings. The van der Waals surface area contributed by atoms with Crippen LogP contribution in [0, 0.1) is 5.41 Å². The smallest absolute Gasteiger partial charge is 0.108 e. The molecule has 0 radical (unpaired) electrons. The van der Waals surface area contributed by atoms with Crippen molar-refractivity contribution in [2.45, 2.75) is 53.0 Å². The maximum Gasteiger partial charge on any atom is 0.108 e. The highest BCUT2D eigenvalue weighted by molar-refractivity contribution is 5.20. The Kier molecular flexibility index (Phi) is 3.97. The molecule has 1 aromatic rings. The number of hydrogen-bond donors (Lipinski definition) is 1. The summed E-state index contributed by atoms with van der Waals surface area (Å²) in [6.45, 7) is 8.83. The van der Waals surface area contributed by atoms with Crippen LogP contribution in [0.15, 0.2) is 16.7 Å². The lowest BCUT2D eigenvalue weighted by Gasteiger charge is -2.20. The van der Waals surface area contributed by atoms with Gasteiger partial charge in [-0.2, -0.15) is 0 Å². The fraction of sp³-hybridized carbons (Fsp3) is 0.692. The van der Waals surface area contributed by atoms with E-state index in [0.29, 0.717) is 5.41 Å². The summed E-state index contributed by atoms with van der Waals surface area (Å²) >= 11 is 0. The zero-order valence-electron chi connectivity index (χ0n) is 10.3. The molecule has 0 aliphatic rings. The first kappa shape index (κ1) is 12.3. The Balaban J connectivity index is 2.57. The van der Waals surface area contributed by atoms with E-state index in [4.69, 9.17) is 10.2 Å². The maximum absolute atomic E-state index is 6.16. The zero-order valence-corrected chi connectivity index (χ0v) is 10.3. The second kappa shape index (κ2) is 4.84. The van der Waals surface area contributed by atoms with Crippen LogP contribution < -0.4 is 5.73 Å². The van der Waals surface area contributed by atoms with Crippen LogP contribution in [0.5, 0.6) is 0 Å². The number of furan rings is 1. The molecule has 0 spiro atoms. The van der Waals surface area contributed by atoms with Crippen molar-refractivity contribution in [2.75, 3.05) is 0 Å². The van der Waals surface area contributed by atoms with Gasteiger partial charge < -0.3 is 10.2 Å². The summed E-state index contributed by atoms with van der Waals surface area (Å²) in [7, 11) is 0. The summed E-state index contributed by atoms with van der Waals surface area (Å²) in [4.78, 5) is 0. The predicted molar refractivity (Wildman–Crippen MR) is 63.7 cm³/mol. The van der Waals surface area contributed by atoms with Crippen LogP contribution in [-0.2, 0) is 6.42 Å². The van der Waals surface area contributed by atoms with E-state index in [1.54, 1.807) is 6.26 Å². The normalized spacial score (nSPS) is 14.2. The maximum atomic E-state index is 6.16. The third-order valence-corrected chi connectivity index (χ3v) is 2.71. The SMILES string of the molecule is CCc1occc1C(N)CCC(C)(C)C. The van der Waals surface area contributed by atoms with Crippen molar-refractivity contribution in [3.63, 3.8) is 0 Å². The van der Waals surface area contributed by atoms with Gasteiger partial charge in [0.15, 0.2) is 0 Å². The average Bonchev–Trinajstić information content (AvgIpc) is 2.60. The summed E-state index contributed by atoms with van der Waals surface area (Å²) in [5, 5.41) is 0. The predicted octanol–water partition coefficient (Wildman–Crippen LogP) is 3.67. The first-order chi connectivity index (χ1) is 6.94. The van der Waals surface area contributed by atoms with Crippen LogP contribution >= 0.6 is 0 Å². The Morgan fingerprint density at radius 3 is 2.60 bits per heavy atom. The van der Waals surface area contributed by atoms with Crippen LogP contribution in [-0.4, -0.2) is 0 Å². The highest BCUT2D eigenvalue weighted by Crippen LogP contribution is 2.28. The highest BCUT2D eigenvalue weighted by atomic mass is 16.3. The summed E-state index contributed by atoms with van der Waals surface area (Å²) in [6, 6.07) is 2.13. The molecule has 0 saturated carbocycles. The minimum atomic E-state index is 0.123. The van der Waals surface area contributed by atoms with Crippen LogP contribution in [0.25, 0.3) is 0 Å². The Labute approximate surface area is 92.9 Å². The zero-order chi connectivity index (χ0) is 11.5. The molecule has 0 aliphatic carbocycles. The second-order valence-electron chi connectivity index (χ2n) is 5.36. The third-order valence-electron chi connectivity index (χ3n) is 2.71. The molecular weight excluding hydrogens is 186 g/mol. The lowest BCUT2D eigenvalue weighted by Crippen LogP contribution is -2.15. The Hall–Kier alpha value is -0.760. The van der Waals surface area contributed by atoms with Gasteiger partial charge in [-0.1, -0.05) is 27.7 Å². The van der Waals surface area contributed by atoms with E-state index in [-0.39, 0.29) is 6.04 Å². The Morgan fingerprint density at radius 2 is 2.07 bits per heavy atom. The Morgan fingerprint density at radius 1 is 1.40 bits per heavy atom. The molecule has 1 rings (SSSR count). The molecule has 1 heterocycles. The van der Waals surface area contributed by atoms with E-state index < -0.39 is 0 Å². The van der Waals surface area contributed by atoms with Crippen LogP contribution in [0.1, 0.15) is 57.9 Å². The first-order valence-electron chi connectivity index (χ1n) is 5.76. The number of rotatable bonds is 4. The molecule has 2 N–H and O–H groups in total. The summed E-state index contributed by atoms with van der Waals surface area (Å²) < 4.78 is 5.39. The van der Waals surface area contributed by atoms with Crippen molar-refractivity contribution in [1.82, 2.24) is 0 Å². The van der Waals surface area contributed by atoms with E-state index in [0.717, 1.165) is 25.0 Å². The molecular formula is C13H23NO. The largest absolute Gasteiger partial charge is 0.469 e. The van der Waals surface area contributed by atoms with Crippen molar-refractivity contribution in [2.24, 2.45) is 11.1 Å². The fourth-order valence-electron chi connectivity index (χ4n) is 1.71. The molecule has 15 heavy (non-hydrogen) atoms. The van der Waals surface area contributed by atoms with E-state index in [1.165, 1.54) is 5.56 Å². The van der Waals surface area contributed by atoms with Gasteiger partial charge in [-0.15, -0.1) is 0 Å². The monoisotopic (exact) mass is 209 g/mol. The lowest BCUT2D eigenvalue weighted by molar-refractivity contribution is 0.348. The lowest BCUT2D eigenvalue weighted by atomic mass is 9.87. The average molecular weight is 209 g/mol. The summed E-state index contributed by atoms with van der Waals surface area (Å²) in [5.74, 6) is 1.04. The van der Waals surface area contributed by atoms with E-state index >= 15 is 0 Å². The van der Waals surface area contributed by atoms with Gasteiger partial charge in [0.05, 0.1) is 6.26 Å². The Bertz CT molecular complexity index is 296. The van der Waals surface area contributed by atoms with Crippen molar-refractivity contribution in [1.29, 1.82) is 0 Å². The van der Waals surface area contributed by atoms with Gasteiger partial charge in [-0.25, -0.2) is 0 Å². The molecule has 0 aliphatic heterocycles. The number of nitrogens with two attached hydrogens (primary N) is 1. The van der Waals surface area contributed by atoms with E-state index in [1.807, 2.05) is 6.07 Å². The van der Waals surface area contributed by atoms with Gasteiger partial charge in [0.2, 0.25) is 0 Å². The number of hydrogen-bond acceptors (Lipinski definition) is 2. The van der Waals surface area contributed by atoms with Crippen molar-refractivity contribution < 1.29 is 4.42 Å². The molecule has 0 saturated heterocycles. The van der Waals surface area contributed by atoms with E-state index in [9.17, 15) is 0 Å². The summed E-state index contributed by atoms with van der Waals surface area (Å²) in [6.07, 6.45) is 4.83. The van der Waals surface area contributed by atoms with E-state index in [2.05, 4.69) is 27.7 Å². The minimum Gasteiger partial charge on any atom is -0.469 e. The van der Waals surface area contributed by atoms with Crippen LogP contribution in [0.2, 0.25) is 0 Å². The minimum absolute atomic E-state index is 0.123. The van der Waals surface area contributed by atoms with Gasteiger partial charge >= 0.3 is 0 Å². The first-order valence-corrected chi connectivity index (χ1v) is 5.76. The number of aryl methyl sites for hydroxylation is 1.